The summed E-state index contributed by atoms with van der Waals surface area (Å²) in [4.78, 5) is 0. The molecule has 1 aliphatic carbocycles. The van der Waals surface area contributed by atoms with Crippen LogP contribution in [0.25, 0.3) is 54.2 Å². The zero-order chi connectivity index (χ0) is 24.7. The molecule has 0 saturated carbocycles. The van der Waals surface area contributed by atoms with E-state index in [1.165, 1.54) is 65.3 Å². The van der Waals surface area contributed by atoms with Crippen molar-refractivity contribution in [2.45, 2.75) is 47.0 Å². The summed E-state index contributed by atoms with van der Waals surface area (Å²) in [6, 6.07) is 36.1. The summed E-state index contributed by atoms with van der Waals surface area (Å²) >= 11 is 0. The summed E-state index contributed by atoms with van der Waals surface area (Å²) in [6.45, 7) is 12.8. The normalized spacial score (nSPS) is 13.1. The van der Waals surface area contributed by atoms with Crippen LogP contribution < -0.4 is 0 Å². The van der Waals surface area contributed by atoms with Crippen LogP contribution >= 0.6 is 0 Å². The van der Waals surface area contributed by atoms with Crippen molar-refractivity contribution >= 4 is 43.1 Å². The second-order valence-corrected chi connectivity index (χ2v) is 9.41. The van der Waals surface area contributed by atoms with Crippen LogP contribution in [0, 0.1) is 0 Å². The molecule has 0 aromatic heterocycles. The third kappa shape index (κ3) is 3.35. The molecule has 174 valence electrons. The highest BCUT2D eigenvalue weighted by atomic mass is 14.4. The molecule has 0 bridgehead atoms. The first-order chi connectivity index (χ1) is 17.1. The molecular weight excluding hydrogens is 420 g/mol. The Bertz CT molecular complexity index is 1700. The maximum atomic E-state index is 2.41. The van der Waals surface area contributed by atoms with E-state index in [1.54, 1.807) is 0 Å². The Morgan fingerprint density at radius 3 is 1.66 bits per heavy atom. The topological polar surface area (TPSA) is 0 Å². The van der Waals surface area contributed by atoms with Crippen molar-refractivity contribution < 1.29 is 0 Å². The predicted octanol–water partition coefficient (Wildman–Crippen LogP) is 10.7. The molecule has 0 N–H and O–H groups in total. The van der Waals surface area contributed by atoms with E-state index < -0.39 is 0 Å². The Kier molecular flexibility index (Phi) is 5.85. The monoisotopic (exact) mass is 454 g/mol. The molecule has 0 nitrogen and oxygen atoms in total. The highest BCUT2D eigenvalue weighted by Crippen LogP contribution is 2.54. The fourth-order valence-corrected chi connectivity index (χ4v) is 6.01. The van der Waals surface area contributed by atoms with Gasteiger partial charge in [0.25, 0.3) is 0 Å². The van der Waals surface area contributed by atoms with Crippen molar-refractivity contribution in [3.8, 4) is 11.1 Å². The Morgan fingerprint density at radius 1 is 0.429 bits per heavy atom. The van der Waals surface area contributed by atoms with Gasteiger partial charge in [-0.2, -0.15) is 0 Å². The molecule has 1 aliphatic rings. The predicted molar refractivity (Wildman–Crippen MR) is 157 cm³/mol. The molecule has 0 radical (unpaired) electrons. The van der Waals surface area contributed by atoms with Crippen LogP contribution in [0.2, 0.25) is 0 Å². The summed E-state index contributed by atoms with van der Waals surface area (Å²) in [6.07, 6.45) is 0. The zero-order valence-corrected chi connectivity index (χ0v) is 21.7. The average molecular weight is 455 g/mol. The molecule has 0 unspecified atom stereocenters. The number of hydrogen-bond acceptors (Lipinski definition) is 0. The lowest BCUT2D eigenvalue weighted by Crippen LogP contribution is -2.16. The lowest BCUT2D eigenvalue weighted by atomic mass is 9.77. The van der Waals surface area contributed by atoms with Gasteiger partial charge in [0.05, 0.1) is 0 Å². The standard InChI is InChI=1S/C31H22.2C2H6/c1-31(2)29-25(16-14-23-17-21-8-3-4-9-22(21)18-27(23)29)26-15-13-20-12-11-19-7-5-6-10-24(19)28(20)30(26)31;2*1-2/h3-18H,1-2H3;2*1-2H3. The van der Waals surface area contributed by atoms with Crippen LogP contribution in [0.5, 0.6) is 0 Å². The van der Waals surface area contributed by atoms with E-state index in [9.17, 15) is 0 Å². The van der Waals surface area contributed by atoms with E-state index in [0.717, 1.165) is 0 Å². The molecule has 0 atom stereocenters. The van der Waals surface area contributed by atoms with Gasteiger partial charge in [0.2, 0.25) is 0 Å². The number of rotatable bonds is 0. The maximum Gasteiger partial charge on any atom is 0.0171 e. The van der Waals surface area contributed by atoms with Gasteiger partial charge in [-0.05, 0) is 77.5 Å². The molecule has 0 aliphatic heterocycles. The Balaban J connectivity index is 0.000000605. The molecule has 0 fully saturated rings. The van der Waals surface area contributed by atoms with Crippen molar-refractivity contribution in [2.75, 3.05) is 0 Å². The highest BCUT2D eigenvalue weighted by Gasteiger charge is 2.38. The van der Waals surface area contributed by atoms with Crippen LogP contribution in [0.15, 0.2) is 97.1 Å². The molecule has 0 saturated heterocycles. The molecule has 0 amide bonds. The van der Waals surface area contributed by atoms with Gasteiger partial charge in [0, 0.05) is 5.41 Å². The van der Waals surface area contributed by atoms with Gasteiger partial charge in [-0.15, -0.1) is 0 Å². The Morgan fingerprint density at radius 2 is 0.943 bits per heavy atom. The van der Waals surface area contributed by atoms with Gasteiger partial charge in [0.1, 0.15) is 0 Å². The quantitative estimate of drug-likeness (QED) is 0.158. The molecule has 0 heterocycles. The first-order valence-corrected chi connectivity index (χ1v) is 13.0. The SMILES string of the molecule is CC.CC.CC1(C)c2c(ccc3cc4ccccc4cc23)-c2ccc3ccc4ccccc4c3c21. The van der Waals surface area contributed by atoms with E-state index in [0.29, 0.717) is 0 Å². The molecule has 6 aromatic carbocycles. The number of hydrogen-bond donors (Lipinski definition) is 0. The van der Waals surface area contributed by atoms with Crippen LogP contribution in [-0.2, 0) is 5.41 Å². The fraction of sp³-hybridized carbons (Fsp3) is 0.200. The third-order valence-electron chi connectivity index (χ3n) is 7.34. The Hall–Kier alpha value is -3.64. The maximum absolute atomic E-state index is 2.41. The first-order valence-electron chi connectivity index (χ1n) is 13.0. The van der Waals surface area contributed by atoms with Crippen molar-refractivity contribution in [3.05, 3.63) is 108 Å². The third-order valence-corrected chi connectivity index (χ3v) is 7.34. The summed E-state index contributed by atoms with van der Waals surface area (Å²) < 4.78 is 0. The van der Waals surface area contributed by atoms with E-state index >= 15 is 0 Å². The lowest BCUT2D eigenvalue weighted by molar-refractivity contribution is 0.672. The zero-order valence-electron chi connectivity index (χ0n) is 21.7. The van der Waals surface area contributed by atoms with Gasteiger partial charge in [-0.25, -0.2) is 0 Å². The largest absolute Gasteiger partial charge is 0.0683 e. The molecule has 0 spiro atoms. The summed E-state index contributed by atoms with van der Waals surface area (Å²) in [5, 5.41) is 10.7. The molecule has 7 rings (SSSR count). The Labute approximate surface area is 209 Å². The van der Waals surface area contributed by atoms with Gasteiger partial charge in [-0.1, -0.05) is 126 Å². The van der Waals surface area contributed by atoms with Crippen molar-refractivity contribution in [1.82, 2.24) is 0 Å². The second-order valence-electron chi connectivity index (χ2n) is 9.41. The number of fused-ring (bicyclic) bond motifs is 10. The van der Waals surface area contributed by atoms with Crippen LogP contribution in [-0.4, -0.2) is 0 Å². The minimum absolute atomic E-state index is 0.0731. The van der Waals surface area contributed by atoms with Gasteiger partial charge in [-0.3, -0.25) is 0 Å². The summed E-state index contributed by atoms with van der Waals surface area (Å²) in [7, 11) is 0. The fourth-order valence-electron chi connectivity index (χ4n) is 6.01. The smallest absolute Gasteiger partial charge is 0.0171 e. The lowest BCUT2D eigenvalue weighted by Gasteiger charge is -2.25. The van der Waals surface area contributed by atoms with Gasteiger partial charge < -0.3 is 0 Å². The van der Waals surface area contributed by atoms with Crippen LogP contribution in [0.4, 0.5) is 0 Å². The van der Waals surface area contributed by atoms with Gasteiger partial charge >= 0.3 is 0 Å². The average Bonchev–Trinajstić information content (AvgIpc) is 3.16. The molecule has 6 aromatic rings. The molecule has 35 heavy (non-hydrogen) atoms. The van der Waals surface area contributed by atoms with E-state index in [1.807, 2.05) is 27.7 Å². The van der Waals surface area contributed by atoms with E-state index in [-0.39, 0.29) is 5.41 Å². The van der Waals surface area contributed by atoms with E-state index in [2.05, 4.69) is 111 Å². The number of benzene rings is 6. The molecule has 0 heteroatoms. The summed E-state index contributed by atoms with van der Waals surface area (Å²) in [5.74, 6) is 0. The highest BCUT2D eigenvalue weighted by molar-refractivity contribution is 6.14. The minimum Gasteiger partial charge on any atom is -0.0683 e. The minimum atomic E-state index is -0.0731. The van der Waals surface area contributed by atoms with Crippen LogP contribution in [0.1, 0.15) is 52.7 Å². The van der Waals surface area contributed by atoms with Crippen LogP contribution in [0.3, 0.4) is 0 Å². The van der Waals surface area contributed by atoms with Crippen molar-refractivity contribution in [3.63, 3.8) is 0 Å². The van der Waals surface area contributed by atoms with E-state index in [4.69, 9.17) is 0 Å². The van der Waals surface area contributed by atoms with Crippen molar-refractivity contribution in [2.24, 2.45) is 0 Å². The molecular formula is C35H34. The van der Waals surface area contributed by atoms with Gasteiger partial charge in [0.15, 0.2) is 0 Å². The second kappa shape index (κ2) is 8.86. The summed E-state index contributed by atoms with van der Waals surface area (Å²) in [5.41, 5.74) is 5.64. The van der Waals surface area contributed by atoms with Crippen molar-refractivity contribution in [1.29, 1.82) is 0 Å². The first kappa shape index (κ1) is 23.1.